The first-order valence-corrected chi connectivity index (χ1v) is 5.21. The van der Waals surface area contributed by atoms with Gasteiger partial charge >= 0.3 is 0 Å². The van der Waals surface area contributed by atoms with Gasteiger partial charge in [0, 0.05) is 17.1 Å². The van der Waals surface area contributed by atoms with Crippen molar-refractivity contribution in [2.24, 2.45) is 0 Å². The highest BCUT2D eigenvalue weighted by Gasteiger charge is 2.26. The second-order valence-corrected chi connectivity index (χ2v) is 4.23. The largest absolute Gasteiger partial charge is 0.299 e. The van der Waals surface area contributed by atoms with Crippen LogP contribution in [0.5, 0.6) is 0 Å². The summed E-state index contributed by atoms with van der Waals surface area (Å²) in [4.78, 5) is 15.7. The number of nitrogens with zero attached hydrogens (tertiary/aromatic N) is 1. The predicted octanol–water partition coefficient (Wildman–Crippen LogP) is 2.68. The molecule has 0 spiro atoms. The fraction of sp³-hybridized carbons (Fsp3) is 0.400. The average Bonchev–Trinajstić information content (AvgIpc) is 2.51. The Hall–Kier alpha value is -0.700. The molecule has 1 aliphatic carbocycles. The number of aromatic nitrogens is 1. The molecule has 1 aromatic rings. The highest BCUT2D eigenvalue weighted by atomic mass is 79.9. The van der Waals surface area contributed by atoms with Gasteiger partial charge < -0.3 is 0 Å². The van der Waals surface area contributed by atoms with Crippen LogP contribution in [-0.2, 0) is 4.79 Å². The Labute approximate surface area is 85.5 Å². The van der Waals surface area contributed by atoms with E-state index in [2.05, 4.69) is 20.9 Å². The summed E-state index contributed by atoms with van der Waals surface area (Å²) < 4.78 is 0.997. The molecule has 1 aliphatic rings. The van der Waals surface area contributed by atoms with Gasteiger partial charge in [0.05, 0.1) is 11.6 Å². The number of rotatable bonds is 1. The summed E-state index contributed by atoms with van der Waals surface area (Å²) in [5, 5.41) is 0. The summed E-state index contributed by atoms with van der Waals surface area (Å²) in [6.07, 6.45) is 4.43. The van der Waals surface area contributed by atoms with Crippen LogP contribution in [-0.4, -0.2) is 10.8 Å². The van der Waals surface area contributed by atoms with Crippen molar-refractivity contribution in [2.75, 3.05) is 0 Å². The maximum absolute atomic E-state index is 11.4. The molecule has 13 heavy (non-hydrogen) atoms. The lowest BCUT2D eigenvalue weighted by molar-refractivity contribution is -0.118. The molecule has 1 aromatic heterocycles. The first kappa shape index (κ1) is 8.88. The van der Waals surface area contributed by atoms with E-state index in [0.717, 1.165) is 29.4 Å². The van der Waals surface area contributed by atoms with Gasteiger partial charge in [0.15, 0.2) is 0 Å². The highest BCUT2D eigenvalue weighted by molar-refractivity contribution is 9.10. The quantitative estimate of drug-likeness (QED) is 0.755. The minimum absolute atomic E-state index is 0.0532. The van der Waals surface area contributed by atoms with E-state index in [1.165, 1.54) is 0 Å². The third-order valence-electron chi connectivity index (χ3n) is 2.40. The first-order valence-electron chi connectivity index (χ1n) is 4.41. The molecular weight excluding hydrogens is 230 g/mol. The number of hydrogen-bond donors (Lipinski definition) is 0. The average molecular weight is 240 g/mol. The Balaban J connectivity index is 2.29. The molecule has 1 saturated carbocycles. The molecular formula is C10H10BrNO. The van der Waals surface area contributed by atoms with Gasteiger partial charge in [-0.25, -0.2) is 0 Å². The fourth-order valence-electron chi connectivity index (χ4n) is 1.74. The third-order valence-corrected chi connectivity index (χ3v) is 2.90. The second kappa shape index (κ2) is 3.58. The number of carbonyl (C=O) groups excluding carboxylic acids is 1. The number of pyridine rings is 1. The van der Waals surface area contributed by atoms with Crippen LogP contribution in [0.25, 0.3) is 0 Å². The molecule has 0 saturated heterocycles. The lowest BCUT2D eigenvalue weighted by Crippen LogP contribution is -2.05. The molecule has 0 aromatic carbocycles. The lowest BCUT2D eigenvalue weighted by Gasteiger charge is -2.06. The monoisotopic (exact) mass is 239 g/mol. The standard InChI is InChI=1S/C10H10BrNO/c11-7-4-5-12-9(6-7)8-2-1-3-10(8)13/h4-6,8H,1-3H2. The molecule has 0 aliphatic heterocycles. The van der Waals surface area contributed by atoms with Crippen molar-refractivity contribution >= 4 is 21.7 Å². The maximum atomic E-state index is 11.4. The maximum Gasteiger partial charge on any atom is 0.141 e. The lowest BCUT2D eigenvalue weighted by atomic mass is 10.0. The minimum Gasteiger partial charge on any atom is -0.299 e. The molecule has 0 radical (unpaired) electrons. The van der Waals surface area contributed by atoms with E-state index < -0.39 is 0 Å². The number of Topliss-reactive ketones (excluding diaryl/α,β-unsaturated/α-hetero) is 1. The van der Waals surface area contributed by atoms with Crippen LogP contribution < -0.4 is 0 Å². The molecule has 2 nitrogen and oxygen atoms in total. The summed E-state index contributed by atoms with van der Waals surface area (Å²) in [6.45, 7) is 0. The molecule has 3 heteroatoms. The Morgan fingerprint density at radius 2 is 2.38 bits per heavy atom. The number of hydrogen-bond acceptors (Lipinski definition) is 2. The highest BCUT2D eigenvalue weighted by Crippen LogP contribution is 2.30. The van der Waals surface area contributed by atoms with Crippen LogP contribution in [0.2, 0.25) is 0 Å². The fourth-order valence-corrected chi connectivity index (χ4v) is 2.09. The molecule has 0 amide bonds. The van der Waals surface area contributed by atoms with Crippen LogP contribution in [0.3, 0.4) is 0 Å². The van der Waals surface area contributed by atoms with E-state index in [4.69, 9.17) is 0 Å². The number of ketones is 1. The zero-order valence-electron chi connectivity index (χ0n) is 7.16. The number of halogens is 1. The normalized spacial score (nSPS) is 22.2. The molecule has 0 N–H and O–H groups in total. The number of carbonyl (C=O) groups is 1. The van der Waals surface area contributed by atoms with E-state index in [1.807, 2.05) is 12.1 Å². The summed E-state index contributed by atoms with van der Waals surface area (Å²) in [7, 11) is 0. The van der Waals surface area contributed by atoms with E-state index in [-0.39, 0.29) is 5.92 Å². The van der Waals surface area contributed by atoms with E-state index in [1.54, 1.807) is 6.20 Å². The molecule has 1 fully saturated rings. The summed E-state index contributed by atoms with van der Waals surface area (Å²) in [6, 6.07) is 3.82. The van der Waals surface area contributed by atoms with Gasteiger partial charge in [-0.05, 0) is 25.0 Å². The zero-order valence-corrected chi connectivity index (χ0v) is 8.75. The summed E-state index contributed by atoms with van der Waals surface area (Å²) >= 11 is 3.38. The molecule has 1 atom stereocenters. The van der Waals surface area contributed by atoms with Gasteiger partial charge in [-0.1, -0.05) is 15.9 Å². The molecule has 68 valence electrons. The first-order chi connectivity index (χ1) is 6.27. The van der Waals surface area contributed by atoms with Crippen LogP contribution in [0.4, 0.5) is 0 Å². The van der Waals surface area contributed by atoms with Crippen molar-refractivity contribution in [3.05, 3.63) is 28.5 Å². The Bertz CT molecular complexity index is 337. The van der Waals surface area contributed by atoms with Gasteiger partial charge in [-0.3, -0.25) is 9.78 Å². The van der Waals surface area contributed by atoms with Gasteiger partial charge in [-0.2, -0.15) is 0 Å². The Morgan fingerprint density at radius 3 is 3.00 bits per heavy atom. The van der Waals surface area contributed by atoms with Gasteiger partial charge in [-0.15, -0.1) is 0 Å². The van der Waals surface area contributed by atoms with Gasteiger partial charge in [0.2, 0.25) is 0 Å². The van der Waals surface area contributed by atoms with Crippen LogP contribution in [0, 0.1) is 0 Å². The van der Waals surface area contributed by atoms with E-state index in [0.29, 0.717) is 5.78 Å². The van der Waals surface area contributed by atoms with Gasteiger partial charge in [0.1, 0.15) is 5.78 Å². The van der Waals surface area contributed by atoms with Crippen molar-refractivity contribution in [1.29, 1.82) is 0 Å². The molecule has 0 bridgehead atoms. The molecule has 2 rings (SSSR count). The zero-order chi connectivity index (χ0) is 9.26. The van der Waals surface area contributed by atoms with Crippen LogP contribution in [0.15, 0.2) is 22.8 Å². The Morgan fingerprint density at radius 1 is 1.54 bits per heavy atom. The summed E-state index contributed by atoms with van der Waals surface area (Å²) in [5.74, 6) is 0.392. The van der Waals surface area contributed by atoms with E-state index in [9.17, 15) is 4.79 Å². The van der Waals surface area contributed by atoms with Crippen LogP contribution >= 0.6 is 15.9 Å². The van der Waals surface area contributed by atoms with Gasteiger partial charge in [0.25, 0.3) is 0 Å². The minimum atomic E-state index is 0.0532. The third kappa shape index (κ3) is 1.80. The summed E-state index contributed by atoms with van der Waals surface area (Å²) in [5.41, 5.74) is 0.914. The van der Waals surface area contributed by atoms with Crippen molar-refractivity contribution in [3.63, 3.8) is 0 Å². The topological polar surface area (TPSA) is 30.0 Å². The van der Waals surface area contributed by atoms with Crippen molar-refractivity contribution in [2.45, 2.75) is 25.2 Å². The van der Waals surface area contributed by atoms with E-state index >= 15 is 0 Å². The van der Waals surface area contributed by atoms with Crippen molar-refractivity contribution in [3.8, 4) is 0 Å². The van der Waals surface area contributed by atoms with Crippen molar-refractivity contribution < 1.29 is 4.79 Å². The SMILES string of the molecule is O=C1CCCC1c1cc(Br)ccn1. The smallest absolute Gasteiger partial charge is 0.141 e. The molecule has 1 unspecified atom stereocenters. The second-order valence-electron chi connectivity index (χ2n) is 3.31. The molecule has 1 heterocycles. The predicted molar refractivity (Wildman–Crippen MR) is 53.5 cm³/mol. The Kier molecular flexibility index (Phi) is 2.44. The van der Waals surface area contributed by atoms with Crippen molar-refractivity contribution in [1.82, 2.24) is 4.98 Å². The van der Waals surface area contributed by atoms with Crippen LogP contribution in [0.1, 0.15) is 30.9 Å².